The number of unbranched alkanes of at least 4 members (excludes halogenated alkanes) is 1. The fourth-order valence-corrected chi connectivity index (χ4v) is 4.86. The number of rotatable bonds is 21. The maximum absolute atomic E-state index is 13.4. The number of hydrogen-bond acceptors (Lipinski definition) is 7. The van der Waals surface area contributed by atoms with Gasteiger partial charge in [0, 0.05) is 37.0 Å². The smallest absolute Gasteiger partial charge is 0.243 e. The Bertz CT molecular complexity index is 1000. The van der Waals surface area contributed by atoms with E-state index in [1.807, 2.05) is 52.0 Å². The molecule has 0 aliphatic heterocycles. The lowest BCUT2D eigenvalue weighted by Crippen LogP contribution is -2.58. The van der Waals surface area contributed by atoms with Gasteiger partial charge in [0.05, 0.1) is 6.04 Å². The normalized spacial score (nSPS) is 14.1. The number of amides is 4. The minimum absolute atomic E-state index is 0.0819. The van der Waals surface area contributed by atoms with Crippen molar-refractivity contribution in [3.63, 3.8) is 0 Å². The van der Waals surface area contributed by atoms with Crippen molar-refractivity contribution in [2.45, 2.75) is 84.0 Å². The van der Waals surface area contributed by atoms with Crippen LogP contribution in [0, 0.1) is 11.8 Å². The zero-order valence-corrected chi connectivity index (χ0v) is 27.4. The van der Waals surface area contributed by atoms with Crippen LogP contribution in [0.4, 0.5) is 5.69 Å². The average molecular weight is 645 g/mol. The fraction of sp³-hybridized carbons (Fsp3) is 0.667. The van der Waals surface area contributed by atoms with Gasteiger partial charge in [-0.05, 0) is 61.8 Å². The van der Waals surface area contributed by atoms with Gasteiger partial charge in [0.15, 0.2) is 0 Å². The third-order valence-electron chi connectivity index (χ3n) is 7.05. The van der Waals surface area contributed by atoms with E-state index in [0.717, 1.165) is 11.3 Å². The molecule has 0 spiro atoms. The van der Waals surface area contributed by atoms with Gasteiger partial charge in [-0.15, -0.1) is 23.2 Å². The Labute approximate surface area is 266 Å². The van der Waals surface area contributed by atoms with Crippen molar-refractivity contribution in [2.75, 3.05) is 36.3 Å². The molecule has 0 saturated carbocycles. The van der Waals surface area contributed by atoms with E-state index in [-0.39, 0.29) is 18.3 Å². The predicted octanol–water partition coefficient (Wildman–Crippen LogP) is 1.61. The number of anilines is 1. The molecule has 244 valence electrons. The molecule has 0 aliphatic rings. The maximum Gasteiger partial charge on any atom is 0.243 e. The fourth-order valence-electron chi connectivity index (χ4n) is 4.46. The number of carbonyl (C=O) groups excluding carboxylic acids is 4. The van der Waals surface area contributed by atoms with Gasteiger partial charge in [0.1, 0.15) is 18.1 Å². The van der Waals surface area contributed by atoms with E-state index in [4.69, 9.17) is 40.4 Å². The lowest BCUT2D eigenvalue weighted by molar-refractivity contribution is -0.134. The Morgan fingerprint density at radius 3 is 1.84 bits per heavy atom. The molecular formula is C30H51Cl2N7O4. The Morgan fingerprint density at radius 1 is 0.814 bits per heavy atom. The molecule has 0 bridgehead atoms. The van der Waals surface area contributed by atoms with E-state index in [1.165, 1.54) is 0 Å². The highest BCUT2D eigenvalue weighted by molar-refractivity contribution is 6.18. The molecule has 9 N–H and O–H groups in total. The van der Waals surface area contributed by atoms with Crippen LogP contribution >= 0.6 is 23.2 Å². The molecule has 0 saturated heterocycles. The Hall–Kier alpha value is -2.60. The number of benzene rings is 1. The summed E-state index contributed by atoms with van der Waals surface area (Å²) < 4.78 is 0. The van der Waals surface area contributed by atoms with Crippen LogP contribution in [-0.2, 0) is 25.6 Å². The maximum atomic E-state index is 13.4. The van der Waals surface area contributed by atoms with Crippen LogP contribution in [0.1, 0.15) is 58.9 Å². The number of nitrogens with zero attached hydrogens (tertiary/aromatic N) is 1. The quantitative estimate of drug-likeness (QED) is 0.0867. The van der Waals surface area contributed by atoms with Gasteiger partial charge in [0.2, 0.25) is 23.6 Å². The first-order chi connectivity index (χ1) is 20.3. The third-order valence-corrected chi connectivity index (χ3v) is 7.39. The first-order valence-corrected chi connectivity index (χ1v) is 16.0. The molecular weight excluding hydrogens is 593 g/mol. The summed E-state index contributed by atoms with van der Waals surface area (Å²) in [5.41, 5.74) is 19.0. The lowest BCUT2D eigenvalue weighted by Gasteiger charge is -2.27. The van der Waals surface area contributed by atoms with Gasteiger partial charge >= 0.3 is 0 Å². The van der Waals surface area contributed by atoms with Gasteiger partial charge in [-0.2, -0.15) is 0 Å². The zero-order valence-electron chi connectivity index (χ0n) is 25.9. The summed E-state index contributed by atoms with van der Waals surface area (Å²) in [5, 5.41) is 8.24. The highest BCUT2D eigenvalue weighted by Crippen LogP contribution is 2.17. The van der Waals surface area contributed by atoms with E-state index in [1.54, 1.807) is 0 Å². The highest BCUT2D eigenvalue weighted by atomic mass is 35.5. The lowest BCUT2D eigenvalue weighted by atomic mass is 9.99. The molecule has 13 heteroatoms. The first kappa shape index (κ1) is 38.4. The van der Waals surface area contributed by atoms with E-state index >= 15 is 0 Å². The van der Waals surface area contributed by atoms with Crippen molar-refractivity contribution >= 4 is 52.5 Å². The van der Waals surface area contributed by atoms with Crippen LogP contribution in [0.3, 0.4) is 0 Å². The number of primary amides is 1. The van der Waals surface area contributed by atoms with Crippen molar-refractivity contribution in [3.05, 3.63) is 29.8 Å². The van der Waals surface area contributed by atoms with E-state index in [9.17, 15) is 19.2 Å². The molecule has 0 aliphatic carbocycles. The molecule has 0 aromatic heterocycles. The second-order valence-corrected chi connectivity index (χ2v) is 12.3. The minimum atomic E-state index is -1.01. The number of alkyl halides is 2. The van der Waals surface area contributed by atoms with Crippen LogP contribution < -0.4 is 38.1 Å². The summed E-state index contributed by atoms with van der Waals surface area (Å²) in [4.78, 5) is 53.9. The van der Waals surface area contributed by atoms with Gasteiger partial charge in [-0.3, -0.25) is 19.2 Å². The summed E-state index contributed by atoms with van der Waals surface area (Å²) in [6.45, 7) is 9.19. The van der Waals surface area contributed by atoms with Crippen molar-refractivity contribution in [1.82, 2.24) is 16.0 Å². The molecule has 1 rings (SSSR count). The van der Waals surface area contributed by atoms with Crippen LogP contribution in [0.15, 0.2) is 24.3 Å². The Balaban J connectivity index is 3.07. The van der Waals surface area contributed by atoms with Gasteiger partial charge in [-0.25, -0.2) is 0 Å². The van der Waals surface area contributed by atoms with Crippen LogP contribution in [0.5, 0.6) is 0 Å². The summed E-state index contributed by atoms with van der Waals surface area (Å²) >= 11 is 11.8. The minimum Gasteiger partial charge on any atom is -0.369 e. The van der Waals surface area contributed by atoms with Gasteiger partial charge in [-0.1, -0.05) is 39.8 Å². The molecule has 0 heterocycles. The summed E-state index contributed by atoms with van der Waals surface area (Å²) in [6, 6.07) is 3.88. The molecule has 4 unspecified atom stereocenters. The molecule has 1 aromatic carbocycles. The molecule has 0 radical (unpaired) electrons. The van der Waals surface area contributed by atoms with Crippen LogP contribution in [0.2, 0.25) is 0 Å². The van der Waals surface area contributed by atoms with Crippen molar-refractivity contribution in [3.8, 4) is 0 Å². The zero-order chi connectivity index (χ0) is 32.5. The van der Waals surface area contributed by atoms with Crippen molar-refractivity contribution in [1.29, 1.82) is 0 Å². The number of halogens is 2. The summed E-state index contributed by atoms with van der Waals surface area (Å²) in [5.74, 6) is -1.32. The highest BCUT2D eigenvalue weighted by Gasteiger charge is 2.30. The number of nitrogens with one attached hydrogen (secondary N) is 3. The number of hydrogen-bond donors (Lipinski definition) is 6. The Morgan fingerprint density at radius 2 is 1.35 bits per heavy atom. The molecule has 0 fully saturated rings. The summed E-state index contributed by atoms with van der Waals surface area (Å²) in [6.07, 6.45) is 2.02. The van der Waals surface area contributed by atoms with E-state index in [2.05, 4.69) is 20.9 Å². The number of carbonyl (C=O) groups is 4. The second-order valence-electron chi connectivity index (χ2n) is 11.5. The van der Waals surface area contributed by atoms with Crippen LogP contribution in [0.25, 0.3) is 0 Å². The largest absolute Gasteiger partial charge is 0.369 e. The average Bonchev–Trinajstić information content (AvgIpc) is 2.95. The van der Waals surface area contributed by atoms with Crippen molar-refractivity contribution in [2.24, 2.45) is 29.0 Å². The molecule has 43 heavy (non-hydrogen) atoms. The molecule has 4 atom stereocenters. The standard InChI is InChI=1S/C30H51Cl2N7O4/c1-19(2)17-25(38-30(43)26(34)20(3)4)29(42)36-23(7-5-6-14-33)28(41)37-24(27(35)40)18-21-8-10-22(11-9-21)39(15-12-31)16-13-32/h8-11,19-20,23-26H,5-7,12-18,33-34H2,1-4H3,(H2,35,40)(H,36,42)(H,37,41)(H,38,43). The number of nitrogens with two attached hydrogens (primary N) is 3. The second kappa shape index (κ2) is 20.4. The van der Waals surface area contributed by atoms with Crippen molar-refractivity contribution < 1.29 is 19.2 Å². The SMILES string of the molecule is CC(C)CC(NC(=O)C(N)C(C)C)C(=O)NC(CCCCN)C(=O)NC(Cc1ccc(N(CCCl)CCCl)cc1)C(N)=O. The monoisotopic (exact) mass is 643 g/mol. The molecule has 11 nitrogen and oxygen atoms in total. The molecule has 1 aromatic rings. The van der Waals surface area contributed by atoms with Gasteiger partial charge < -0.3 is 38.1 Å². The molecule has 4 amide bonds. The third kappa shape index (κ3) is 14.2. The topological polar surface area (TPSA) is 186 Å². The predicted molar refractivity (Wildman–Crippen MR) is 174 cm³/mol. The van der Waals surface area contributed by atoms with Crippen LogP contribution in [-0.4, -0.2) is 79.2 Å². The first-order valence-electron chi connectivity index (χ1n) is 15.0. The van der Waals surface area contributed by atoms with Gasteiger partial charge in [0.25, 0.3) is 0 Å². The summed E-state index contributed by atoms with van der Waals surface area (Å²) in [7, 11) is 0. The Kier molecular flexibility index (Phi) is 18.2. The van der Waals surface area contributed by atoms with E-state index < -0.39 is 47.8 Å². The van der Waals surface area contributed by atoms with E-state index in [0.29, 0.717) is 57.1 Å².